The summed E-state index contributed by atoms with van der Waals surface area (Å²) in [4.78, 5) is 16.6. The van der Waals surface area contributed by atoms with Crippen molar-refractivity contribution in [3.8, 4) is 0 Å². The number of alkyl halides is 3. The summed E-state index contributed by atoms with van der Waals surface area (Å²) in [6, 6.07) is 1.84. The Labute approximate surface area is 121 Å². The molecule has 0 aliphatic heterocycles. The first kappa shape index (κ1) is 17.1. The van der Waals surface area contributed by atoms with E-state index in [4.69, 9.17) is 5.73 Å². The summed E-state index contributed by atoms with van der Waals surface area (Å²) in [7, 11) is 1.48. The lowest BCUT2D eigenvalue weighted by atomic mass is 10.2. The van der Waals surface area contributed by atoms with Crippen LogP contribution in [0.1, 0.15) is 19.4 Å². The topological polar surface area (TPSA) is 71.2 Å². The van der Waals surface area contributed by atoms with E-state index in [0.717, 1.165) is 12.1 Å². The molecule has 0 spiro atoms. The maximum absolute atomic E-state index is 12.9. The number of halogens is 3. The van der Waals surface area contributed by atoms with Gasteiger partial charge in [-0.05, 0) is 18.1 Å². The highest BCUT2D eigenvalue weighted by atomic mass is 19.4. The molecular formula is C13H19F3N4O. The van der Waals surface area contributed by atoms with Crippen molar-refractivity contribution < 1.29 is 18.0 Å². The number of carbonyl (C=O) groups is 1. The van der Waals surface area contributed by atoms with Gasteiger partial charge in [-0.15, -0.1) is 0 Å². The number of anilines is 2. The van der Waals surface area contributed by atoms with E-state index < -0.39 is 17.6 Å². The number of carbonyl (C=O) groups excluding carboxylic acids is 1. The average Bonchev–Trinajstić information content (AvgIpc) is 2.35. The van der Waals surface area contributed by atoms with Gasteiger partial charge in [0.05, 0.1) is 12.1 Å². The molecule has 8 heteroatoms. The fourth-order valence-corrected chi connectivity index (χ4v) is 1.84. The van der Waals surface area contributed by atoms with Crippen molar-refractivity contribution in [1.82, 2.24) is 4.98 Å². The fraction of sp³-hybridized carbons (Fsp3) is 0.538. The zero-order valence-electron chi connectivity index (χ0n) is 12.2. The van der Waals surface area contributed by atoms with Crippen molar-refractivity contribution in [3.63, 3.8) is 0 Å². The molecule has 0 saturated heterocycles. The van der Waals surface area contributed by atoms with Crippen LogP contribution in [-0.2, 0) is 11.0 Å². The van der Waals surface area contributed by atoms with Gasteiger partial charge in [-0.3, -0.25) is 4.79 Å². The van der Waals surface area contributed by atoms with Crippen LogP contribution < -0.4 is 16.0 Å². The number of pyridine rings is 1. The summed E-state index contributed by atoms with van der Waals surface area (Å²) >= 11 is 0. The van der Waals surface area contributed by atoms with Gasteiger partial charge in [0.15, 0.2) is 0 Å². The molecular weight excluding hydrogens is 285 g/mol. The van der Waals surface area contributed by atoms with E-state index >= 15 is 0 Å². The molecule has 0 radical (unpaired) electrons. The van der Waals surface area contributed by atoms with Crippen LogP contribution in [0.4, 0.5) is 24.8 Å². The molecule has 0 bridgehead atoms. The van der Waals surface area contributed by atoms with Crippen LogP contribution in [0.25, 0.3) is 0 Å². The number of primary amides is 1. The molecule has 1 aromatic rings. The average molecular weight is 304 g/mol. The highest BCUT2D eigenvalue weighted by Gasteiger charge is 2.32. The first-order chi connectivity index (χ1) is 9.63. The van der Waals surface area contributed by atoms with Gasteiger partial charge in [-0.25, -0.2) is 4.98 Å². The van der Waals surface area contributed by atoms with Crippen molar-refractivity contribution in [1.29, 1.82) is 0 Å². The van der Waals surface area contributed by atoms with Gasteiger partial charge in [0.2, 0.25) is 5.91 Å². The predicted molar refractivity (Wildman–Crippen MR) is 75.0 cm³/mol. The van der Waals surface area contributed by atoms with Crippen molar-refractivity contribution in [2.24, 2.45) is 11.7 Å². The Hall–Kier alpha value is -1.99. The molecule has 3 N–H and O–H groups in total. The number of hydrogen-bond donors (Lipinski definition) is 2. The van der Waals surface area contributed by atoms with Gasteiger partial charge in [0.25, 0.3) is 0 Å². The molecule has 5 nitrogen and oxygen atoms in total. The summed E-state index contributed by atoms with van der Waals surface area (Å²) in [5.74, 6) is -0.334. The second-order valence-corrected chi connectivity index (χ2v) is 5.09. The zero-order chi connectivity index (χ0) is 16.2. The van der Waals surface area contributed by atoms with Crippen LogP contribution in [0.3, 0.4) is 0 Å². The predicted octanol–water partition coefficient (Wildman–Crippen LogP) is 2.09. The van der Waals surface area contributed by atoms with Gasteiger partial charge in [0.1, 0.15) is 11.6 Å². The largest absolute Gasteiger partial charge is 0.416 e. The maximum Gasteiger partial charge on any atom is 0.416 e. The van der Waals surface area contributed by atoms with Crippen LogP contribution in [0.15, 0.2) is 12.1 Å². The molecule has 0 atom stereocenters. The summed E-state index contributed by atoms with van der Waals surface area (Å²) in [6.45, 7) is 3.97. The van der Waals surface area contributed by atoms with E-state index in [-0.39, 0.29) is 24.1 Å². The molecule has 1 rings (SSSR count). The minimum absolute atomic E-state index is 0.0710. The number of aromatic nitrogens is 1. The van der Waals surface area contributed by atoms with Crippen molar-refractivity contribution in [2.75, 3.05) is 30.4 Å². The molecule has 21 heavy (non-hydrogen) atoms. The normalized spacial score (nSPS) is 11.6. The number of nitrogens with two attached hydrogens (primary N) is 1. The van der Waals surface area contributed by atoms with E-state index in [1.54, 1.807) is 0 Å². The Morgan fingerprint density at radius 2 is 2.05 bits per heavy atom. The molecule has 0 unspecified atom stereocenters. The summed E-state index contributed by atoms with van der Waals surface area (Å²) in [5.41, 5.74) is 4.33. The molecule has 0 aliphatic rings. The Kier molecular flexibility index (Phi) is 5.40. The van der Waals surface area contributed by atoms with Crippen LogP contribution in [-0.4, -0.2) is 31.0 Å². The lowest BCUT2D eigenvalue weighted by Crippen LogP contribution is -2.37. The second-order valence-electron chi connectivity index (χ2n) is 5.09. The second kappa shape index (κ2) is 6.64. The standard InChI is InChI=1S/C13H19F3N4O/c1-8(2)6-20(7-10(17)21)12-5-9(13(14,15)16)4-11(18-3)19-12/h4-5,8H,6-7H2,1-3H3,(H2,17,21)(H,18,19). The zero-order valence-corrected chi connectivity index (χ0v) is 12.2. The summed E-state index contributed by atoms with van der Waals surface area (Å²) < 4.78 is 38.7. The molecule has 1 heterocycles. The third kappa shape index (κ3) is 5.13. The van der Waals surface area contributed by atoms with Gasteiger partial charge in [-0.1, -0.05) is 13.8 Å². The van der Waals surface area contributed by atoms with Crippen molar-refractivity contribution in [2.45, 2.75) is 20.0 Å². The van der Waals surface area contributed by atoms with Crippen LogP contribution in [0.5, 0.6) is 0 Å². The molecule has 0 aliphatic carbocycles. The molecule has 0 aromatic carbocycles. The Morgan fingerprint density at radius 1 is 1.43 bits per heavy atom. The SMILES string of the molecule is CNc1cc(C(F)(F)F)cc(N(CC(N)=O)CC(C)C)n1. The lowest BCUT2D eigenvalue weighted by Gasteiger charge is -2.25. The summed E-state index contributed by atoms with van der Waals surface area (Å²) in [6.07, 6.45) is -4.49. The smallest absolute Gasteiger partial charge is 0.373 e. The molecule has 0 saturated carbocycles. The fourth-order valence-electron chi connectivity index (χ4n) is 1.84. The minimum atomic E-state index is -4.49. The Bertz CT molecular complexity index is 503. The number of nitrogens with one attached hydrogen (secondary N) is 1. The van der Waals surface area contributed by atoms with E-state index in [2.05, 4.69) is 10.3 Å². The molecule has 1 amide bonds. The summed E-state index contributed by atoms with van der Waals surface area (Å²) in [5, 5.41) is 2.59. The van der Waals surface area contributed by atoms with Gasteiger partial charge < -0.3 is 16.0 Å². The third-order valence-corrected chi connectivity index (χ3v) is 2.65. The number of nitrogens with zero attached hydrogens (tertiary/aromatic N) is 2. The molecule has 118 valence electrons. The van der Waals surface area contributed by atoms with E-state index in [9.17, 15) is 18.0 Å². The number of hydrogen-bond acceptors (Lipinski definition) is 4. The van der Waals surface area contributed by atoms with E-state index in [1.807, 2.05) is 13.8 Å². The first-order valence-electron chi connectivity index (χ1n) is 6.43. The van der Waals surface area contributed by atoms with Gasteiger partial charge in [-0.2, -0.15) is 13.2 Å². The molecule has 1 aromatic heterocycles. The highest BCUT2D eigenvalue weighted by Crippen LogP contribution is 2.33. The van der Waals surface area contributed by atoms with Crippen LogP contribution in [0.2, 0.25) is 0 Å². The highest BCUT2D eigenvalue weighted by molar-refractivity contribution is 5.79. The lowest BCUT2D eigenvalue weighted by molar-refractivity contribution is -0.137. The maximum atomic E-state index is 12.9. The van der Waals surface area contributed by atoms with Crippen LogP contribution in [0, 0.1) is 5.92 Å². The monoisotopic (exact) mass is 304 g/mol. The minimum Gasteiger partial charge on any atom is -0.373 e. The van der Waals surface area contributed by atoms with E-state index in [0.29, 0.717) is 6.54 Å². The van der Waals surface area contributed by atoms with Gasteiger partial charge >= 0.3 is 6.18 Å². The van der Waals surface area contributed by atoms with E-state index in [1.165, 1.54) is 11.9 Å². The Balaban J connectivity index is 3.25. The Morgan fingerprint density at radius 3 is 2.48 bits per heavy atom. The first-order valence-corrected chi connectivity index (χ1v) is 6.43. The van der Waals surface area contributed by atoms with Crippen molar-refractivity contribution >= 4 is 17.5 Å². The quantitative estimate of drug-likeness (QED) is 0.844. The third-order valence-electron chi connectivity index (χ3n) is 2.65. The van der Waals surface area contributed by atoms with Gasteiger partial charge in [0, 0.05) is 13.6 Å². The molecule has 0 fully saturated rings. The van der Waals surface area contributed by atoms with Crippen LogP contribution >= 0.6 is 0 Å². The van der Waals surface area contributed by atoms with Crippen molar-refractivity contribution in [3.05, 3.63) is 17.7 Å². The number of amides is 1. The number of rotatable bonds is 6.